The number of anilines is 1. The van der Waals surface area contributed by atoms with Gasteiger partial charge >= 0.3 is 6.18 Å². The van der Waals surface area contributed by atoms with E-state index in [4.69, 9.17) is 11.6 Å². The van der Waals surface area contributed by atoms with Gasteiger partial charge in [-0.2, -0.15) is 13.2 Å². The van der Waals surface area contributed by atoms with E-state index < -0.39 is 39.2 Å². The summed E-state index contributed by atoms with van der Waals surface area (Å²) in [7, 11) is -4.42. The van der Waals surface area contributed by atoms with Crippen LogP contribution in [0.5, 0.6) is 0 Å². The quantitative estimate of drug-likeness (QED) is 0.313. The van der Waals surface area contributed by atoms with Crippen molar-refractivity contribution in [1.82, 2.24) is 14.9 Å². The van der Waals surface area contributed by atoms with Gasteiger partial charge in [0.05, 0.1) is 33.2 Å². The Labute approximate surface area is 222 Å². The van der Waals surface area contributed by atoms with Gasteiger partial charge in [-0.05, 0) is 48.9 Å². The molecule has 1 heterocycles. The Kier molecular flexibility index (Phi) is 7.79. The zero-order valence-electron chi connectivity index (χ0n) is 20.0. The third-order valence-corrected chi connectivity index (χ3v) is 7.81. The summed E-state index contributed by atoms with van der Waals surface area (Å²) in [4.78, 5) is 16.8. The van der Waals surface area contributed by atoms with Crippen molar-refractivity contribution < 1.29 is 26.4 Å². The van der Waals surface area contributed by atoms with Crippen LogP contribution in [-0.4, -0.2) is 30.4 Å². The molecule has 0 aliphatic carbocycles. The van der Waals surface area contributed by atoms with E-state index in [2.05, 4.69) is 10.3 Å². The first kappa shape index (κ1) is 27.2. The number of alkyl halides is 3. The first-order valence-electron chi connectivity index (χ1n) is 11.3. The third-order valence-electron chi connectivity index (χ3n) is 5.69. The Morgan fingerprint density at radius 3 is 2.45 bits per heavy atom. The topological polar surface area (TPSA) is 84.3 Å². The van der Waals surface area contributed by atoms with E-state index in [-0.39, 0.29) is 17.1 Å². The van der Waals surface area contributed by atoms with Crippen LogP contribution in [0.4, 0.5) is 18.9 Å². The minimum atomic E-state index is -4.83. The number of benzene rings is 3. The van der Waals surface area contributed by atoms with E-state index in [0.717, 1.165) is 28.9 Å². The number of para-hydroxylation sites is 1. The molecular weight excluding hydrogens is 541 g/mol. The van der Waals surface area contributed by atoms with E-state index in [0.29, 0.717) is 10.4 Å². The first-order valence-corrected chi connectivity index (χ1v) is 13.1. The van der Waals surface area contributed by atoms with Gasteiger partial charge in [-0.1, -0.05) is 47.5 Å². The Morgan fingerprint density at radius 2 is 1.79 bits per heavy atom. The van der Waals surface area contributed by atoms with Crippen LogP contribution in [-0.2, 0) is 27.5 Å². The molecule has 0 aliphatic heterocycles. The molecule has 12 heteroatoms. The molecule has 1 amide bonds. The molecule has 1 aromatic heterocycles. The molecule has 1 N–H and O–H groups in total. The van der Waals surface area contributed by atoms with E-state index in [1.54, 1.807) is 54.5 Å². The summed E-state index contributed by atoms with van der Waals surface area (Å²) in [6.45, 7) is 1.04. The van der Waals surface area contributed by atoms with Crippen molar-refractivity contribution in [1.29, 1.82) is 0 Å². The maximum Gasteiger partial charge on any atom is 0.417 e. The number of imidazole rings is 1. The number of aryl methyl sites for hydroxylation is 1. The van der Waals surface area contributed by atoms with Gasteiger partial charge in [0.15, 0.2) is 0 Å². The standard InChI is InChI=1S/C26H22ClF3N4O3S/c1-18-6-9-21(10-7-18)38(36,37)34(20-8-11-23(27)22(14-20)26(28,29)30)16-25(35)32-15-19-4-2-3-5-24(19)33-13-12-31-17-33/h2-14,17H,15-16H2,1H3,(H,32,35). The second-order valence-corrected chi connectivity index (χ2v) is 10.6. The molecule has 0 spiro atoms. The molecular formula is C26H22ClF3N4O3S. The lowest BCUT2D eigenvalue weighted by Crippen LogP contribution is -2.41. The minimum Gasteiger partial charge on any atom is -0.350 e. The van der Waals surface area contributed by atoms with Crippen molar-refractivity contribution in [2.75, 3.05) is 10.8 Å². The fraction of sp³-hybridized carbons (Fsp3) is 0.154. The van der Waals surface area contributed by atoms with Gasteiger partial charge in [-0.3, -0.25) is 9.10 Å². The van der Waals surface area contributed by atoms with Gasteiger partial charge in [-0.15, -0.1) is 0 Å². The largest absolute Gasteiger partial charge is 0.417 e. The summed E-state index contributed by atoms with van der Waals surface area (Å²) in [5, 5.41) is 2.07. The summed E-state index contributed by atoms with van der Waals surface area (Å²) in [6.07, 6.45) is 0.0980. The molecule has 0 radical (unpaired) electrons. The SMILES string of the molecule is Cc1ccc(S(=O)(=O)N(CC(=O)NCc2ccccc2-n2ccnc2)c2ccc(Cl)c(C(F)(F)F)c2)cc1. The summed E-state index contributed by atoms with van der Waals surface area (Å²) in [5.74, 6) is -0.718. The molecule has 198 valence electrons. The highest BCUT2D eigenvalue weighted by atomic mass is 35.5. The number of nitrogens with one attached hydrogen (secondary N) is 1. The molecule has 7 nitrogen and oxygen atoms in total. The fourth-order valence-electron chi connectivity index (χ4n) is 3.73. The number of hydrogen-bond acceptors (Lipinski definition) is 4. The van der Waals surface area contributed by atoms with Crippen molar-refractivity contribution in [3.8, 4) is 5.69 Å². The number of aromatic nitrogens is 2. The zero-order valence-corrected chi connectivity index (χ0v) is 21.6. The highest BCUT2D eigenvalue weighted by Crippen LogP contribution is 2.38. The Hall–Kier alpha value is -3.83. The molecule has 0 unspecified atom stereocenters. The Balaban J connectivity index is 1.65. The van der Waals surface area contributed by atoms with Gasteiger partial charge in [0.2, 0.25) is 5.91 Å². The average molecular weight is 563 g/mol. The minimum absolute atomic E-state index is 0.0417. The predicted molar refractivity (Wildman–Crippen MR) is 138 cm³/mol. The molecule has 0 aliphatic rings. The molecule has 0 saturated heterocycles. The van der Waals surface area contributed by atoms with E-state index in [9.17, 15) is 26.4 Å². The van der Waals surface area contributed by atoms with E-state index in [1.807, 2.05) is 12.1 Å². The highest BCUT2D eigenvalue weighted by molar-refractivity contribution is 7.92. The number of amides is 1. The van der Waals surface area contributed by atoms with Gasteiger partial charge in [-0.25, -0.2) is 13.4 Å². The van der Waals surface area contributed by atoms with Crippen LogP contribution in [0.25, 0.3) is 5.69 Å². The van der Waals surface area contributed by atoms with Crippen LogP contribution in [0.15, 0.2) is 90.3 Å². The van der Waals surface area contributed by atoms with Crippen molar-refractivity contribution in [3.63, 3.8) is 0 Å². The predicted octanol–water partition coefficient (Wildman–Crippen LogP) is 5.36. The van der Waals surface area contributed by atoms with Crippen LogP contribution in [0.1, 0.15) is 16.7 Å². The number of hydrogen-bond donors (Lipinski definition) is 1. The Morgan fingerprint density at radius 1 is 1.08 bits per heavy atom. The van der Waals surface area contributed by atoms with Crippen molar-refractivity contribution >= 4 is 33.2 Å². The molecule has 3 aromatic carbocycles. The molecule has 4 aromatic rings. The van der Waals surface area contributed by atoms with Gasteiger partial charge in [0.1, 0.15) is 6.54 Å². The van der Waals surface area contributed by atoms with Gasteiger partial charge < -0.3 is 9.88 Å². The summed E-state index contributed by atoms with van der Waals surface area (Å²) < 4.78 is 70.1. The number of sulfonamides is 1. The molecule has 0 atom stereocenters. The lowest BCUT2D eigenvalue weighted by atomic mass is 10.1. The number of carbonyl (C=O) groups is 1. The van der Waals surface area contributed by atoms with Crippen LogP contribution in [0.3, 0.4) is 0 Å². The second kappa shape index (κ2) is 10.9. The summed E-state index contributed by atoms with van der Waals surface area (Å²) >= 11 is 5.74. The summed E-state index contributed by atoms with van der Waals surface area (Å²) in [6, 6.07) is 15.7. The number of halogens is 4. The van der Waals surface area contributed by atoms with Crippen LogP contribution in [0, 0.1) is 6.92 Å². The van der Waals surface area contributed by atoms with E-state index >= 15 is 0 Å². The second-order valence-electron chi connectivity index (χ2n) is 8.36. The summed E-state index contributed by atoms with van der Waals surface area (Å²) in [5.41, 5.74) is 0.696. The fourth-order valence-corrected chi connectivity index (χ4v) is 5.37. The maximum absolute atomic E-state index is 13.5. The lowest BCUT2D eigenvalue weighted by molar-refractivity contribution is -0.137. The average Bonchev–Trinajstić information content (AvgIpc) is 3.41. The molecule has 0 fully saturated rings. The van der Waals surface area contributed by atoms with Crippen molar-refractivity contribution in [2.24, 2.45) is 0 Å². The smallest absolute Gasteiger partial charge is 0.350 e. The van der Waals surface area contributed by atoms with Crippen LogP contribution < -0.4 is 9.62 Å². The molecule has 0 bridgehead atoms. The molecule has 38 heavy (non-hydrogen) atoms. The number of rotatable bonds is 8. The van der Waals surface area contributed by atoms with Gasteiger partial charge in [0, 0.05) is 18.9 Å². The molecule has 0 saturated carbocycles. The van der Waals surface area contributed by atoms with Crippen LogP contribution in [0.2, 0.25) is 5.02 Å². The lowest BCUT2D eigenvalue weighted by Gasteiger charge is -2.25. The third kappa shape index (κ3) is 6.00. The van der Waals surface area contributed by atoms with Crippen molar-refractivity contribution in [3.05, 3.63) is 107 Å². The highest BCUT2D eigenvalue weighted by Gasteiger charge is 2.35. The Bertz CT molecular complexity index is 1540. The normalized spacial score (nSPS) is 11.8. The number of nitrogens with zero attached hydrogens (tertiary/aromatic N) is 3. The maximum atomic E-state index is 13.5. The molecule has 4 rings (SSSR count). The zero-order chi connectivity index (χ0) is 27.5. The monoisotopic (exact) mass is 562 g/mol. The van der Waals surface area contributed by atoms with E-state index in [1.165, 1.54) is 12.1 Å². The van der Waals surface area contributed by atoms with Gasteiger partial charge in [0.25, 0.3) is 10.0 Å². The van der Waals surface area contributed by atoms with Crippen LogP contribution >= 0.6 is 11.6 Å². The number of carbonyl (C=O) groups excluding carboxylic acids is 1. The van der Waals surface area contributed by atoms with Crippen molar-refractivity contribution in [2.45, 2.75) is 24.5 Å². The first-order chi connectivity index (χ1) is 18.0.